The molecule has 0 aliphatic rings. The van der Waals surface area contributed by atoms with E-state index in [0.29, 0.717) is 17.1 Å². The van der Waals surface area contributed by atoms with Gasteiger partial charge < -0.3 is 9.84 Å². The summed E-state index contributed by atoms with van der Waals surface area (Å²) in [6.45, 7) is 10.7. The fraction of sp³-hybridized carbons (Fsp3) is 0.188. The first-order valence-corrected chi connectivity index (χ1v) is 12.5. The van der Waals surface area contributed by atoms with E-state index in [2.05, 4.69) is 72.8 Å². The molecule has 0 fully saturated rings. The molecular weight excluding hydrogens is 458 g/mol. The Kier molecular flexibility index (Phi) is 5.19. The average Bonchev–Trinajstić information content (AvgIpc) is 3.19. The molecule has 0 atom stereocenters. The van der Waals surface area contributed by atoms with Crippen LogP contribution in [0.25, 0.3) is 38.5 Å². The molecule has 37 heavy (non-hydrogen) atoms. The Balaban J connectivity index is 1.52. The number of phenolic OH excluding ortho intramolecular Hbond substituents is 1. The van der Waals surface area contributed by atoms with Gasteiger partial charge in [-0.25, -0.2) is 9.97 Å². The van der Waals surface area contributed by atoms with Crippen molar-refractivity contribution >= 4 is 32.7 Å². The highest BCUT2D eigenvalue weighted by Gasteiger charge is 2.18. The lowest BCUT2D eigenvalue weighted by atomic mass is 9.88. The number of aromatic nitrogens is 3. The lowest BCUT2D eigenvalue weighted by molar-refractivity contribution is 0.460. The van der Waals surface area contributed by atoms with E-state index in [9.17, 15) is 5.11 Å². The predicted molar refractivity (Wildman–Crippen MR) is 150 cm³/mol. The summed E-state index contributed by atoms with van der Waals surface area (Å²) in [6, 6.07) is 24.2. The minimum atomic E-state index is 0.00818. The summed E-state index contributed by atoms with van der Waals surface area (Å²) in [7, 11) is 0. The van der Waals surface area contributed by atoms with Crippen LogP contribution in [0.1, 0.15) is 37.5 Å². The summed E-state index contributed by atoms with van der Waals surface area (Å²) in [5, 5.41) is 13.7. The number of para-hydroxylation sites is 1. The van der Waals surface area contributed by atoms with Gasteiger partial charge in [0.2, 0.25) is 5.88 Å². The summed E-state index contributed by atoms with van der Waals surface area (Å²) < 4.78 is 8.47. The van der Waals surface area contributed by atoms with Gasteiger partial charge in [0.05, 0.1) is 11.0 Å². The van der Waals surface area contributed by atoms with E-state index in [1.165, 1.54) is 5.56 Å². The van der Waals surface area contributed by atoms with Gasteiger partial charge in [-0.1, -0.05) is 45.0 Å². The second-order valence-corrected chi connectivity index (χ2v) is 10.7. The van der Waals surface area contributed by atoms with E-state index >= 15 is 0 Å². The van der Waals surface area contributed by atoms with Gasteiger partial charge in [0, 0.05) is 34.5 Å². The molecule has 0 spiro atoms. The van der Waals surface area contributed by atoms with Crippen LogP contribution in [0.2, 0.25) is 0 Å². The quantitative estimate of drug-likeness (QED) is 0.274. The molecule has 0 bridgehead atoms. The van der Waals surface area contributed by atoms with Crippen LogP contribution in [-0.4, -0.2) is 19.6 Å². The Bertz CT molecular complexity index is 1830. The Morgan fingerprint density at radius 1 is 0.811 bits per heavy atom. The Hall–Kier alpha value is -4.38. The molecule has 0 aliphatic carbocycles. The van der Waals surface area contributed by atoms with E-state index < -0.39 is 0 Å². The number of benzene rings is 3. The normalized spacial score (nSPS) is 12.0. The van der Waals surface area contributed by atoms with Crippen molar-refractivity contribution in [1.82, 2.24) is 14.5 Å². The second kappa shape index (κ2) is 8.34. The van der Waals surface area contributed by atoms with Crippen LogP contribution in [0, 0.1) is 13.8 Å². The molecular formula is C32H29N3O2. The standard InChI is InChI=1S/C32H29N3O2/c1-19-10-13-27(36)31-30(19)20(2)16-29(34-31)37-22-11-12-24-23-8-6-7-9-25(23)35(26(24)18-22)28-17-21(14-15-33-28)32(3,4)5/h6-18,36H,1-5H3. The third-order valence-electron chi connectivity index (χ3n) is 7.03. The van der Waals surface area contributed by atoms with Crippen molar-refractivity contribution in [3.8, 4) is 23.2 Å². The van der Waals surface area contributed by atoms with Gasteiger partial charge in [-0.2, -0.15) is 0 Å². The van der Waals surface area contributed by atoms with E-state index in [4.69, 9.17) is 9.72 Å². The summed E-state index contributed by atoms with van der Waals surface area (Å²) in [6.07, 6.45) is 1.88. The predicted octanol–water partition coefficient (Wildman–Crippen LogP) is 8.14. The molecule has 0 saturated carbocycles. The molecule has 184 valence electrons. The molecule has 6 aromatic rings. The van der Waals surface area contributed by atoms with Crippen LogP contribution >= 0.6 is 0 Å². The van der Waals surface area contributed by atoms with Crippen LogP contribution < -0.4 is 4.74 Å². The number of phenols is 1. The summed E-state index contributed by atoms with van der Waals surface area (Å²) in [5.41, 5.74) is 5.96. The molecule has 5 heteroatoms. The third-order valence-corrected chi connectivity index (χ3v) is 7.03. The number of pyridine rings is 2. The molecule has 0 amide bonds. The molecule has 0 saturated heterocycles. The maximum absolute atomic E-state index is 10.4. The van der Waals surface area contributed by atoms with E-state index in [0.717, 1.165) is 44.1 Å². The van der Waals surface area contributed by atoms with Crippen molar-refractivity contribution < 1.29 is 9.84 Å². The first kappa shape index (κ1) is 23.0. The first-order chi connectivity index (χ1) is 17.7. The van der Waals surface area contributed by atoms with Gasteiger partial charge in [-0.15, -0.1) is 0 Å². The number of aromatic hydroxyl groups is 1. The SMILES string of the molecule is Cc1ccc(O)c2nc(Oc3ccc4c5ccccc5n(-c5cc(C(C)(C)C)ccn5)c4c3)cc(C)c12. The van der Waals surface area contributed by atoms with Crippen molar-refractivity contribution in [2.75, 3.05) is 0 Å². The maximum atomic E-state index is 10.4. The van der Waals surface area contributed by atoms with E-state index in [1.54, 1.807) is 6.07 Å². The molecule has 0 unspecified atom stereocenters. The number of fused-ring (bicyclic) bond motifs is 4. The molecule has 6 rings (SSSR count). The Morgan fingerprint density at radius 2 is 1.59 bits per heavy atom. The molecule has 3 aromatic carbocycles. The van der Waals surface area contributed by atoms with E-state index in [-0.39, 0.29) is 11.2 Å². The number of hydrogen-bond acceptors (Lipinski definition) is 4. The number of rotatable bonds is 3. The largest absolute Gasteiger partial charge is 0.506 e. The highest BCUT2D eigenvalue weighted by Crippen LogP contribution is 2.37. The molecule has 5 nitrogen and oxygen atoms in total. The van der Waals surface area contributed by atoms with E-state index in [1.807, 2.05) is 44.3 Å². The summed E-state index contributed by atoms with van der Waals surface area (Å²) in [5.74, 6) is 2.13. The zero-order valence-corrected chi connectivity index (χ0v) is 21.7. The molecule has 1 N–H and O–H groups in total. The van der Waals surface area contributed by atoms with Gasteiger partial charge in [0.1, 0.15) is 22.8 Å². The lowest BCUT2D eigenvalue weighted by Crippen LogP contribution is -2.12. The summed E-state index contributed by atoms with van der Waals surface area (Å²) >= 11 is 0. The van der Waals surface area contributed by atoms with Gasteiger partial charge in [0.15, 0.2) is 0 Å². The summed E-state index contributed by atoms with van der Waals surface area (Å²) in [4.78, 5) is 9.40. The third kappa shape index (κ3) is 3.87. The zero-order chi connectivity index (χ0) is 25.9. The number of aryl methyl sites for hydroxylation is 2. The highest BCUT2D eigenvalue weighted by molar-refractivity contribution is 6.09. The van der Waals surface area contributed by atoms with Crippen LogP contribution in [-0.2, 0) is 5.41 Å². The van der Waals surface area contributed by atoms with Crippen molar-refractivity contribution in [2.24, 2.45) is 0 Å². The zero-order valence-electron chi connectivity index (χ0n) is 21.7. The number of ether oxygens (including phenoxy) is 1. The average molecular weight is 488 g/mol. The van der Waals surface area contributed by atoms with Crippen molar-refractivity contribution in [2.45, 2.75) is 40.0 Å². The first-order valence-electron chi connectivity index (χ1n) is 12.5. The lowest BCUT2D eigenvalue weighted by Gasteiger charge is -2.20. The molecule has 0 radical (unpaired) electrons. The fourth-order valence-electron chi connectivity index (χ4n) is 5.13. The van der Waals surface area contributed by atoms with Crippen LogP contribution in [0.5, 0.6) is 17.4 Å². The number of nitrogens with zero attached hydrogens (tertiary/aromatic N) is 3. The molecule has 3 aromatic heterocycles. The maximum Gasteiger partial charge on any atom is 0.220 e. The van der Waals surface area contributed by atoms with Crippen molar-refractivity contribution in [3.05, 3.63) is 95.7 Å². The van der Waals surface area contributed by atoms with Crippen molar-refractivity contribution in [1.29, 1.82) is 0 Å². The van der Waals surface area contributed by atoms with Gasteiger partial charge in [0.25, 0.3) is 0 Å². The van der Waals surface area contributed by atoms with Gasteiger partial charge in [-0.05, 0) is 72.4 Å². The fourth-order valence-corrected chi connectivity index (χ4v) is 5.13. The minimum Gasteiger partial charge on any atom is -0.506 e. The van der Waals surface area contributed by atoms with Gasteiger partial charge >= 0.3 is 0 Å². The smallest absolute Gasteiger partial charge is 0.220 e. The van der Waals surface area contributed by atoms with Crippen molar-refractivity contribution in [3.63, 3.8) is 0 Å². The molecule has 3 heterocycles. The van der Waals surface area contributed by atoms with Crippen LogP contribution in [0.3, 0.4) is 0 Å². The van der Waals surface area contributed by atoms with Crippen LogP contribution in [0.4, 0.5) is 0 Å². The van der Waals surface area contributed by atoms with Gasteiger partial charge in [-0.3, -0.25) is 4.57 Å². The monoisotopic (exact) mass is 487 g/mol. The highest BCUT2D eigenvalue weighted by atomic mass is 16.5. The Morgan fingerprint density at radius 3 is 2.41 bits per heavy atom. The van der Waals surface area contributed by atoms with Crippen LogP contribution in [0.15, 0.2) is 79.0 Å². The minimum absolute atomic E-state index is 0.00818. The molecule has 0 aliphatic heterocycles. The topological polar surface area (TPSA) is 60.2 Å². The second-order valence-electron chi connectivity index (χ2n) is 10.7. The number of hydrogen-bond donors (Lipinski definition) is 1. The Labute approximate surface area is 216 Å².